The van der Waals surface area contributed by atoms with E-state index >= 15 is 0 Å². The van der Waals surface area contributed by atoms with Crippen molar-refractivity contribution in [2.24, 2.45) is 0 Å². The van der Waals surface area contributed by atoms with Gasteiger partial charge in [-0.25, -0.2) is 4.79 Å². The topological polar surface area (TPSA) is 87.9 Å². The van der Waals surface area contributed by atoms with Crippen molar-refractivity contribution in [3.63, 3.8) is 0 Å². The Labute approximate surface area is 115 Å². The van der Waals surface area contributed by atoms with Gasteiger partial charge in [0.1, 0.15) is 12.4 Å². The van der Waals surface area contributed by atoms with Gasteiger partial charge in [-0.05, 0) is 19.1 Å². The van der Waals surface area contributed by atoms with Crippen LogP contribution in [0.4, 0.5) is 5.69 Å². The second kappa shape index (κ2) is 7.13. The highest BCUT2D eigenvalue weighted by molar-refractivity contribution is 5.88. The van der Waals surface area contributed by atoms with E-state index in [-0.39, 0.29) is 36.0 Å². The molecule has 7 heteroatoms. The largest absolute Gasteiger partial charge is 0.490 e. The minimum atomic E-state index is -0.578. The van der Waals surface area contributed by atoms with Crippen molar-refractivity contribution >= 4 is 11.7 Å². The lowest BCUT2D eigenvalue weighted by atomic mass is 10.2. The van der Waals surface area contributed by atoms with Gasteiger partial charge in [0.25, 0.3) is 0 Å². The van der Waals surface area contributed by atoms with Crippen LogP contribution in [0.2, 0.25) is 0 Å². The third kappa shape index (κ3) is 3.98. The first-order chi connectivity index (χ1) is 9.49. The van der Waals surface area contributed by atoms with Crippen LogP contribution in [-0.4, -0.2) is 31.2 Å². The molecule has 0 aromatic heterocycles. The molecule has 0 saturated heterocycles. The Balaban J connectivity index is 2.74. The number of hydrogen-bond acceptors (Lipinski definition) is 6. The highest BCUT2D eigenvalue weighted by Gasteiger charge is 2.16. The third-order valence-corrected chi connectivity index (χ3v) is 2.32. The van der Waals surface area contributed by atoms with Crippen LogP contribution < -0.4 is 9.47 Å². The van der Waals surface area contributed by atoms with Crippen LogP contribution in [0.15, 0.2) is 30.4 Å². The molecule has 0 heterocycles. The first-order valence-electron chi connectivity index (χ1n) is 5.79. The number of benzene rings is 1. The Morgan fingerprint density at radius 1 is 1.45 bits per heavy atom. The van der Waals surface area contributed by atoms with Gasteiger partial charge in [0.15, 0.2) is 5.75 Å². The van der Waals surface area contributed by atoms with Crippen molar-refractivity contribution < 1.29 is 23.9 Å². The lowest BCUT2D eigenvalue weighted by molar-refractivity contribution is -0.385. The molecular formula is C13H15NO6. The minimum Gasteiger partial charge on any atom is -0.490 e. The maximum absolute atomic E-state index is 11.3. The van der Waals surface area contributed by atoms with Gasteiger partial charge in [0.05, 0.1) is 30.3 Å². The van der Waals surface area contributed by atoms with Crippen LogP contribution in [0.3, 0.4) is 0 Å². The number of ether oxygens (including phenoxy) is 3. The first-order valence-corrected chi connectivity index (χ1v) is 5.79. The van der Waals surface area contributed by atoms with E-state index in [2.05, 4.69) is 6.58 Å². The SMILES string of the molecule is C=C(COc1ccc(OC)c([N+](=O)[O-])c1)C(=O)OCC. The van der Waals surface area contributed by atoms with Gasteiger partial charge in [-0.3, -0.25) is 10.1 Å². The highest BCUT2D eigenvalue weighted by atomic mass is 16.6. The molecule has 0 radical (unpaired) electrons. The Morgan fingerprint density at radius 2 is 2.15 bits per heavy atom. The monoisotopic (exact) mass is 281 g/mol. The summed E-state index contributed by atoms with van der Waals surface area (Å²) in [5.41, 5.74) is -0.0860. The summed E-state index contributed by atoms with van der Waals surface area (Å²) in [6, 6.07) is 4.14. The maximum atomic E-state index is 11.3. The van der Waals surface area contributed by atoms with Crippen LogP contribution in [0, 0.1) is 10.1 Å². The zero-order valence-corrected chi connectivity index (χ0v) is 11.3. The summed E-state index contributed by atoms with van der Waals surface area (Å²) in [6.45, 7) is 5.33. The molecule has 0 spiro atoms. The molecule has 0 aliphatic carbocycles. The maximum Gasteiger partial charge on any atom is 0.336 e. The van der Waals surface area contributed by atoms with E-state index in [1.54, 1.807) is 6.92 Å². The second-order valence-electron chi connectivity index (χ2n) is 3.70. The number of esters is 1. The number of carbonyl (C=O) groups excluding carboxylic acids is 1. The number of methoxy groups -OCH3 is 1. The van der Waals surface area contributed by atoms with Crippen molar-refractivity contribution in [1.82, 2.24) is 0 Å². The van der Waals surface area contributed by atoms with E-state index in [1.165, 1.54) is 25.3 Å². The standard InChI is InChI=1S/C13H15NO6/c1-4-19-13(15)9(2)8-20-10-5-6-12(18-3)11(7-10)14(16)17/h5-7H,2,4,8H2,1,3H3. The van der Waals surface area contributed by atoms with Crippen LogP contribution in [0.5, 0.6) is 11.5 Å². The highest BCUT2D eigenvalue weighted by Crippen LogP contribution is 2.30. The van der Waals surface area contributed by atoms with Crippen LogP contribution in [0.1, 0.15) is 6.92 Å². The number of hydrogen-bond donors (Lipinski definition) is 0. The summed E-state index contributed by atoms with van der Waals surface area (Å²) in [4.78, 5) is 21.6. The Morgan fingerprint density at radius 3 is 2.70 bits per heavy atom. The molecule has 0 atom stereocenters. The summed E-state index contributed by atoms with van der Waals surface area (Å²) < 4.78 is 14.9. The molecule has 0 bridgehead atoms. The van der Waals surface area contributed by atoms with Crippen molar-refractivity contribution in [2.75, 3.05) is 20.3 Å². The van der Waals surface area contributed by atoms with Crippen molar-refractivity contribution in [3.05, 3.63) is 40.5 Å². The molecule has 0 N–H and O–H groups in total. The lowest BCUT2D eigenvalue weighted by Crippen LogP contribution is -2.13. The van der Waals surface area contributed by atoms with Gasteiger partial charge < -0.3 is 14.2 Å². The molecule has 7 nitrogen and oxygen atoms in total. The first kappa shape index (κ1) is 15.5. The number of nitrogens with zero attached hydrogens (tertiary/aromatic N) is 1. The molecule has 20 heavy (non-hydrogen) atoms. The van der Waals surface area contributed by atoms with Crippen molar-refractivity contribution in [1.29, 1.82) is 0 Å². The van der Waals surface area contributed by atoms with Crippen LogP contribution in [0.25, 0.3) is 0 Å². The van der Waals surface area contributed by atoms with Crippen LogP contribution in [-0.2, 0) is 9.53 Å². The summed E-state index contributed by atoms with van der Waals surface area (Å²) in [6.07, 6.45) is 0. The quantitative estimate of drug-likeness (QED) is 0.329. The fourth-order valence-corrected chi connectivity index (χ4v) is 1.36. The molecule has 1 aromatic carbocycles. The fourth-order valence-electron chi connectivity index (χ4n) is 1.36. The van der Waals surface area contributed by atoms with Crippen molar-refractivity contribution in [2.45, 2.75) is 6.92 Å². The summed E-state index contributed by atoms with van der Waals surface area (Å²) in [7, 11) is 1.34. The zero-order chi connectivity index (χ0) is 15.1. The van der Waals surface area contributed by atoms with E-state index < -0.39 is 10.9 Å². The fraction of sp³-hybridized carbons (Fsp3) is 0.308. The molecule has 1 rings (SSSR count). The van der Waals surface area contributed by atoms with Crippen LogP contribution >= 0.6 is 0 Å². The number of nitro benzene ring substituents is 1. The molecular weight excluding hydrogens is 266 g/mol. The van der Waals surface area contributed by atoms with Crippen molar-refractivity contribution in [3.8, 4) is 11.5 Å². The van der Waals surface area contributed by atoms with E-state index in [4.69, 9.17) is 14.2 Å². The predicted octanol–water partition coefficient (Wildman–Crippen LogP) is 2.10. The summed E-state index contributed by atoms with van der Waals surface area (Å²) >= 11 is 0. The Kier molecular flexibility index (Phi) is 5.52. The molecule has 108 valence electrons. The molecule has 0 saturated carbocycles. The van der Waals surface area contributed by atoms with E-state index in [1.807, 2.05) is 0 Å². The predicted molar refractivity (Wildman–Crippen MR) is 70.9 cm³/mol. The Bertz CT molecular complexity index is 526. The second-order valence-corrected chi connectivity index (χ2v) is 3.70. The van der Waals surface area contributed by atoms with E-state index in [9.17, 15) is 14.9 Å². The van der Waals surface area contributed by atoms with Gasteiger partial charge in [0.2, 0.25) is 0 Å². The van der Waals surface area contributed by atoms with Gasteiger partial charge in [-0.15, -0.1) is 0 Å². The van der Waals surface area contributed by atoms with Gasteiger partial charge >= 0.3 is 11.7 Å². The summed E-state index contributed by atoms with van der Waals surface area (Å²) in [5.74, 6) is -0.190. The molecule has 0 aliphatic rings. The van der Waals surface area contributed by atoms with E-state index in [0.717, 1.165) is 0 Å². The average Bonchev–Trinajstić information content (AvgIpc) is 2.44. The third-order valence-electron chi connectivity index (χ3n) is 2.32. The Hall–Kier alpha value is -2.57. The van der Waals surface area contributed by atoms with Gasteiger partial charge in [0, 0.05) is 0 Å². The smallest absolute Gasteiger partial charge is 0.336 e. The molecule has 0 amide bonds. The lowest BCUT2D eigenvalue weighted by Gasteiger charge is -2.09. The normalized spacial score (nSPS) is 9.70. The zero-order valence-electron chi connectivity index (χ0n) is 11.3. The molecule has 0 aliphatic heterocycles. The van der Waals surface area contributed by atoms with Gasteiger partial charge in [-0.2, -0.15) is 0 Å². The average molecular weight is 281 g/mol. The van der Waals surface area contributed by atoms with E-state index in [0.29, 0.717) is 0 Å². The number of carbonyl (C=O) groups is 1. The minimum absolute atomic E-state index is 0.109. The molecule has 0 unspecified atom stereocenters. The number of rotatable bonds is 7. The molecule has 1 aromatic rings. The summed E-state index contributed by atoms with van der Waals surface area (Å²) in [5, 5.41) is 10.8. The number of nitro groups is 1. The molecule has 0 fully saturated rings. The van der Waals surface area contributed by atoms with Gasteiger partial charge in [-0.1, -0.05) is 6.58 Å².